The van der Waals surface area contributed by atoms with Crippen LogP contribution < -0.4 is 5.32 Å². The Balaban J connectivity index is 1.65. The van der Waals surface area contributed by atoms with Gasteiger partial charge in [0.2, 0.25) is 0 Å². The molecular weight excluding hydrogens is 320 g/mol. The summed E-state index contributed by atoms with van der Waals surface area (Å²) in [5, 5.41) is 4.19. The number of pyridine rings is 1. The van der Waals surface area contributed by atoms with E-state index in [0.29, 0.717) is 6.10 Å². The Kier molecular flexibility index (Phi) is 4.24. The van der Waals surface area contributed by atoms with E-state index in [0.717, 1.165) is 36.8 Å². The molecule has 2 aromatic rings. The molecule has 5 nitrogen and oxygen atoms in total. The Morgan fingerprint density at radius 1 is 1.33 bits per heavy atom. The van der Waals surface area contributed by atoms with Crippen LogP contribution in [0.4, 0.5) is 0 Å². The van der Waals surface area contributed by atoms with Crippen molar-refractivity contribution in [1.29, 1.82) is 0 Å². The molecule has 0 saturated carbocycles. The van der Waals surface area contributed by atoms with Crippen molar-refractivity contribution >= 4 is 17.3 Å². The molecular formula is C18H22N4OS. The van der Waals surface area contributed by atoms with Crippen molar-refractivity contribution in [3.8, 4) is 0 Å². The number of hydrogen-bond acceptors (Lipinski definition) is 3. The van der Waals surface area contributed by atoms with E-state index >= 15 is 0 Å². The summed E-state index contributed by atoms with van der Waals surface area (Å²) in [4.78, 5) is 6.67. The highest BCUT2D eigenvalue weighted by molar-refractivity contribution is 7.80. The van der Waals surface area contributed by atoms with E-state index in [1.54, 1.807) is 0 Å². The fraction of sp³-hybridized carbons (Fsp3) is 0.444. The largest absolute Gasteiger partial charge is 0.376 e. The number of ether oxygens (including phenoxy) is 1. The van der Waals surface area contributed by atoms with Crippen LogP contribution in [0.3, 0.4) is 0 Å². The predicted molar refractivity (Wildman–Crippen MR) is 96.6 cm³/mol. The van der Waals surface area contributed by atoms with E-state index < -0.39 is 0 Å². The fourth-order valence-electron chi connectivity index (χ4n) is 3.70. The molecule has 3 atom stereocenters. The molecule has 6 heteroatoms. The van der Waals surface area contributed by atoms with Gasteiger partial charge in [0.25, 0.3) is 0 Å². The highest BCUT2D eigenvalue weighted by atomic mass is 32.1. The summed E-state index contributed by atoms with van der Waals surface area (Å²) in [6.45, 7) is 1.78. The van der Waals surface area contributed by atoms with Crippen LogP contribution in [-0.2, 0) is 11.3 Å². The molecule has 4 heterocycles. The third-order valence-electron chi connectivity index (χ3n) is 4.93. The maximum Gasteiger partial charge on any atom is 0.169 e. The monoisotopic (exact) mass is 342 g/mol. The number of nitrogens with zero attached hydrogens (tertiary/aromatic N) is 3. The summed E-state index contributed by atoms with van der Waals surface area (Å²) < 4.78 is 8.12. The molecule has 4 rings (SSSR count). The van der Waals surface area contributed by atoms with Gasteiger partial charge < -0.3 is 19.5 Å². The summed E-state index contributed by atoms with van der Waals surface area (Å²) in [5.41, 5.74) is 2.26. The lowest BCUT2D eigenvalue weighted by molar-refractivity contribution is 0.0955. The molecule has 0 amide bonds. The minimum Gasteiger partial charge on any atom is -0.376 e. The molecule has 2 aromatic heterocycles. The fourth-order valence-corrected chi connectivity index (χ4v) is 3.94. The van der Waals surface area contributed by atoms with Crippen molar-refractivity contribution in [2.24, 2.45) is 0 Å². The van der Waals surface area contributed by atoms with Crippen molar-refractivity contribution in [2.75, 3.05) is 13.7 Å². The normalized spacial score (nSPS) is 26.8. The predicted octanol–water partition coefficient (Wildman–Crippen LogP) is 2.66. The summed E-state index contributed by atoms with van der Waals surface area (Å²) in [6.07, 6.45) is 6.59. The standard InChI is InChI=1S/C18H22N4OS/c1-21-17(16(20-18(21)24)14-7-2-3-9-19-14)15-8-4-10-22(15)12-13-6-5-11-23-13/h2-4,7-10,13,16-17H,5-6,11-12H2,1H3,(H,20,24). The van der Waals surface area contributed by atoms with Crippen molar-refractivity contribution < 1.29 is 4.74 Å². The van der Waals surface area contributed by atoms with Crippen molar-refractivity contribution in [3.05, 3.63) is 54.1 Å². The molecule has 0 radical (unpaired) electrons. The molecule has 1 N–H and O–H groups in total. The molecule has 24 heavy (non-hydrogen) atoms. The maximum absolute atomic E-state index is 5.82. The third-order valence-corrected chi connectivity index (χ3v) is 5.34. The minimum absolute atomic E-state index is 0.0573. The molecule has 2 aliphatic heterocycles. The smallest absolute Gasteiger partial charge is 0.169 e. The van der Waals surface area contributed by atoms with Gasteiger partial charge in [-0.3, -0.25) is 4.98 Å². The number of nitrogens with one attached hydrogen (secondary N) is 1. The molecule has 3 unspecified atom stereocenters. The number of likely N-dealkylation sites (N-methyl/N-ethyl adjacent to an activating group) is 1. The van der Waals surface area contributed by atoms with Gasteiger partial charge in [-0.25, -0.2) is 0 Å². The van der Waals surface area contributed by atoms with Crippen molar-refractivity contribution in [1.82, 2.24) is 19.8 Å². The van der Waals surface area contributed by atoms with E-state index in [1.165, 1.54) is 5.69 Å². The first-order chi connectivity index (χ1) is 11.7. The number of thiocarbonyl (C=S) groups is 1. The van der Waals surface area contributed by atoms with Crippen LogP contribution in [0.5, 0.6) is 0 Å². The lowest BCUT2D eigenvalue weighted by Crippen LogP contribution is -2.27. The number of rotatable bonds is 4. The van der Waals surface area contributed by atoms with Gasteiger partial charge in [0.1, 0.15) is 0 Å². The summed E-state index contributed by atoms with van der Waals surface area (Å²) in [5.74, 6) is 0. The molecule has 0 aliphatic carbocycles. The van der Waals surface area contributed by atoms with E-state index in [4.69, 9.17) is 17.0 Å². The average molecular weight is 342 g/mol. The van der Waals surface area contributed by atoms with Crippen LogP contribution in [0, 0.1) is 0 Å². The number of aromatic nitrogens is 2. The first-order valence-electron chi connectivity index (χ1n) is 8.45. The molecule has 0 bridgehead atoms. The molecule has 0 aromatic carbocycles. The van der Waals surface area contributed by atoms with Crippen LogP contribution in [0.25, 0.3) is 0 Å². The van der Waals surface area contributed by atoms with Crippen LogP contribution in [0.1, 0.15) is 36.3 Å². The zero-order valence-corrected chi connectivity index (χ0v) is 14.6. The molecule has 2 fully saturated rings. The second kappa shape index (κ2) is 6.53. The van der Waals surface area contributed by atoms with Gasteiger partial charge in [0.15, 0.2) is 5.11 Å². The third kappa shape index (κ3) is 2.80. The van der Waals surface area contributed by atoms with Gasteiger partial charge in [-0.05, 0) is 49.3 Å². The van der Waals surface area contributed by atoms with Gasteiger partial charge in [0, 0.05) is 38.3 Å². The van der Waals surface area contributed by atoms with Crippen LogP contribution in [0.2, 0.25) is 0 Å². The Bertz CT molecular complexity index is 711. The molecule has 2 aliphatic rings. The van der Waals surface area contributed by atoms with Crippen LogP contribution in [0.15, 0.2) is 42.7 Å². The van der Waals surface area contributed by atoms with Gasteiger partial charge in [0.05, 0.1) is 23.9 Å². The van der Waals surface area contributed by atoms with E-state index in [2.05, 4.69) is 44.2 Å². The Labute approximate surface area is 147 Å². The SMILES string of the molecule is CN1C(=S)NC(c2ccccn2)C1c1cccn1CC1CCCO1. The lowest BCUT2D eigenvalue weighted by atomic mass is 10.0. The van der Waals surface area contributed by atoms with Crippen LogP contribution >= 0.6 is 12.2 Å². The van der Waals surface area contributed by atoms with E-state index in [9.17, 15) is 0 Å². The highest BCUT2D eigenvalue weighted by Crippen LogP contribution is 2.37. The maximum atomic E-state index is 5.82. The lowest BCUT2D eigenvalue weighted by Gasteiger charge is -2.26. The second-order valence-corrected chi connectivity index (χ2v) is 6.84. The van der Waals surface area contributed by atoms with Crippen molar-refractivity contribution in [3.63, 3.8) is 0 Å². The molecule has 2 saturated heterocycles. The Hall–Kier alpha value is -1.92. The molecule has 0 spiro atoms. The first-order valence-corrected chi connectivity index (χ1v) is 8.86. The van der Waals surface area contributed by atoms with Gasteiger partial charge in [-0.2, -0.15) is 0 Å². The Morgan fingerprint density at radius 2 is 2.25 bits per heavy atom. The summed E-state index contributed by atoms with van der Waals surface area (Å²) in [6, 6.07) is 10.5. The quantitative estimate of drug-likeness (QED) is 0.866. The van der Waals surface area contributed by atoms with Crippen LogP contribution in [-0.4, -0.2) is 39.3 Å². The topological polar surface area (TPSA) is 42.3 Å². The van der Waals surface area contributed by atoms with E-state index in [-0.39, 0.29) is 12.1 Å². The van der Waals surface area contributed by atoms with Gasteiger partial charge >= 0.3 is 0 Å². The van der Waals surface area contributed by atoms with Gasteiger partial charge in [-0.15, -0.1) is 0 Å². The Morgan fingerprint density at radius 3 is 3.00 bits per heavy atom. The summed E-state index contributed by atoms with van der Waals surface area (Å²) >= 11 is 5.51. The van der Waals surface area contributed by atoms with Crippen molar-refractivity contribution in [2.45, 2.75) is 37.6 Å². The highest BCUT2D eigenvalue weighted by Gasteiger charge is 2.39. The summed E-state index contributed by atoms with van der Waals surface area (Å²) in [7, 11) is 2.05. The average Bonchev–Trinajstić information content (AvgIpc) is 3.32. The zero-order valence-electron chi connectivity index (χ0n) is 13.8. The zero-order chi connectivity index (χ0) is 16.5. The minimum atomic E-state index is 0.0573. The van der Waals surface area contributed by atoms with E-state index in [1.807, 2.05) is 25.4 Å². The molecule has 126 valence electrons. The first kappa shape index (κ1) is 15.6. The second-order valence-electron chi connectivity index (χ2n) is 6.46. The number of hydrogen-bond donors (Lipinski definition) is 1. The van der Waals surface area contributed by atoms with Gasteiger partial charge in [-0.1, -0.05) is 6.07 Å².